The van der Waals surface area contributed by atoms with Crippen LogP contribution in [0.2, 0.25) is 5.02 Å². The summed E-state index contributed by atoms with van der Waals surface area (Å²) in [4.78, 5) is 11.5. The Morgan fingerprint density at radius 2 is 1.95 bits per heavy atom. The number of ether oxygens (including phenoxy) is 1. The normalized spacial score (nSPS) is 10.0. The monoisotopic (exact) mass is 276 g/mol. The van der Waals surface area contributed by atoms with Gasteiger partial charge >= 0.3 is 5.97 Å². The zero-order chi connectivity index (χ0) is 13.8. The molecule has 2 aromatic carbocycles. The van der Waals surface area contributed by atoms with Gasteiger partial charge in [-0.3, -0.25) is 0 Å². The molecule has 0 amide bonds. The van der Waals surface area contributed by atoms with Gasteiger partial charge in [0.05, 0.1) is 12.7 Å². The molecule has 4 nitrogen and oxygen atoms in total. The first-order valence-corrected chi connectivity index (χ1v) is 5.98. The second-order valence-corrected chi connectivity index (χ2v) is 4.37. The molecule has 0 aliphatic rings. The Morgan fingerprint density at radius 3 is 2.63 bits per heavy atom. The standard InChI is InChI=1S/C14H13ClN2O2/c1-19-14(18)12-8-11(5-6-13(12)16)17-10-4-2-3-9(15)7-10/h2-8,17H,16H2,1H3. The number of nitrogens with one attached hydrogen (secondary N) is 1. The average molecular weight is 277 g/mol. The first kappa shape index (κ1) is 13.2. The first-order valence-electron chi connectivity index (χ1n) is 5.60. The summed E-state index contributed by atoms with van der Waals surface area (Å²) in [6.07, 6.45) is 0. The molecule has 0 fully saturated rings. The number of benzene rings is 2. The van der Waals surface area contributed by atoms with Crippen molar-refractivity contribution in [3.8, 4) is 0 Å². The van der Waals surface area contributed by atoms with Crippen LogP contribution in [0.25, 0.3) is 0 Å². The molecular formula is C14H13ClN2O2. The first-order chi connectivity index (χ1) is 9.10. The van der Waals surface area contributed by atoms with Crippen molar-refractivity contribution in [2.75, 3.05) is 18.2 Å². The molecule has 0 unspecified atom stereocenters. The van der Waals surface area contributed by atoms with E-state index in [1.165, 1.54) is 7.11 Å². The Labute approximate surface area is 116 Å². The highest BCUT2D eigenvalue weighted by atomic mass is 35.5. The minimum absolute atomic E-state index is 0.328. The summed E-state index contributed by atoms with van der Waals surface area (Å²) < 4.78 is 4.67. The Balaban J connectivity index is 2.29. The van der Waals surface area contributed by atoms with Gasteiger partial charge in [0.25, 0.3) is 0 Å². The van der Waals surface area contributed by atoms with Gasteiger partial charge in [-0.05, 0) is 36.4 Å². The molecule has 0 atom stereocenters. The number of hydrogen-bond acceptors (Lipinski definition) is 4. The van der Waals surface area contributed by atoms with E-state index in [0.717, 1.165) is 11.4 Å². The van der Waals surface area contributed by atoms with E-state index in [1.807, 2.05) is 12.1 Å². The fraction of sp³-hybridized carbons (Fsp3) is 0.0714. The van der Waals surface area contributed by atoms with Gasteiger partial charge in [-0.25, -0.2) is 4.79 Å². The lowest BCUT2D eigenvalue weighted by Crippen LogP contribution is -2.06. The molecular weight excluding hydrogens is 264 g/mol. The van der Waals surface area contributed by atoms with Crippen LogP contribution >= 0.6 is 11.6 Å². The smallest absolute Gasteiger partial charge is 0.340 e. The fourth-order valence-electron chi connectivity index (χ4n) is 1.65. The fourth-order valence-corrected chi connectivity index (χ4v) is 1.84. The van der Waals surface area contributed by atoms with Crippen LogP contribution in [0.4, 0.5) is 17.1 Å². The van der Waals surface area contributed by atoms with E-state index in [4.69, 9.17) is 17.3 Å². The van der Waals surface area contributed by atoms with Crippen molar-refractivity contribution in [1.29, 1.82) is 0 Å². The summed E-state index contributed by atoms with van der Waals surface area (Å²) in [6.45, 7) is 0. The Bertz CT molecular complexity index is 614. The largest absolute Gasteiger partial charge is 0.465 e. The zero-order valence-electron chi connectivity index (χ0n) is 10.3. The number of anilines is 3. The SMILES string of the molecule is COC(=O)c1cc(Nc2cccc(Cl)c2)ccc1N. The second kappa shape index (κ2) is 5.63. The maximum absolute atomic E-state index is 11.5. The van der Waals surface area contributed by atoms with E-state index in [1.54, 1.807) is 30.3 Å². The Kier molecular flexibility index (Phi) is 3.92. The molecule has 2 rings (SSSR count). The molecule has 0 saturated carbocycles. The van der Waals surface area contributed by atoms with Gasteiger partial charge in [-0.2, -0.15) is 0 Å². The van der Waals surface area contributed by atoms with Crippen molar-refractivity contribution in [1.82, 2.24) is 0 Å². The zero-order valence-corrected chi connectivity index (χ0v) is 11.1. The van der Waals surface area contributed by atoms with Crippen LogP contribution in [-0.4, -0.2) is 13.1 Å². The minimum Gasteiger partial charge on any atom is -0.465 e. The van der Waals surface area contributed by atoms with Crippen LogP contribution in [0.3, 0.4) is 0 Å². The van der Waals surface area contributed by atoms with Crippen molar-refractivity contribution in [3.05, 3.63) is 53.1 Å². The number of esters is 1. The van der Waals surface area contributed by atoms with E-state index < -0.39 is 5.97 Å². The van der Waals surface area contributed by atoms with Crippen LogP contribution in [0.15, 0.2) is 42.5 Å². The predicted octanol–water partition coefficient (Wildman–Crippen LogP) is 3.45. The predicted molar refractivity (Wildman–Crippen MR) is 76.9 cm³/mol. The van der Waals surface area contributed by atoms with Gasteiger partial charge in [0.15, 0.2) is 0 Å². The van der Waals surface area contributed by atoms with Crippen LogP contribution < -0.4 is 11.1 Å². The van der Waals surface area contributed by atoms with Gasteiger partial charge in [0.2, 0.25) is 0 Å². The highest BCUT2D eigenvalue weighted by molar-refractivity contribution is 6.30. The molecule has 19 heavy (non-hydrogen) atoms. The van der Waals surface area contributed by atoms with E-state index in [-0.39, 0.29) is 0 Å². The third kappa shape index (κ3) is 3.17. The second-order valence-electron chi connectivity index (χ2n) is 3.93. The topological polar surface area (TPSA) is 64.3 Å². The van der Waals surface area contributed by atoms with Crippen molar-refractivity contribution < 1.29 is 9.53 Å². The van der Waals surface area contributed by atoms with Crippen molar-refractivity contribution in [3.63, 3.8) is 0 Å². The summed E-state index contributed by atoms with van der Waals surface area (Å²) in [5.74, 6) is -0.466. The summed E-state index contributed by atoms with van der Waals surface area (Å²) in [6, 6.07) is 12.4. The molecule has 0 spiro atoms. The van der Waals surface area contributed by atoms with Crippen molar-refractivity contribution in [2.45, 2.75) is 0 Å². The number of nitrogen functional groups attached to an aromatic ring is 1. The molecule has 0 saturated heterocycles. The van der Waals surface area contributed by atoms with E-state index in [2.05, 4.69) is 10.1 Å². The van der Waals surface area contributed by atoms with Crippen LogP contribution in [-0.2, 0) is 4.74 Å². The molecule has 0 aromatic heterocycles. The summed E-state index contributed by atoms with van der Waals surface area (Å²) in [7, 11) is 1.32. The molecule has 5 heteroatoms. The lowest BCUT2D eigenvalue weighted by atomic mass is 10.1. The van der Waals surface area contributed by atoms with E-state index in [0.29, 0.717) is 16.3 Å². The number of halogens is 1. The number of carbonyl (C=O) groups excluding carboxylic acids is 1. The molecule has 98 valence electrons. The Morgan fingerprint density at radius 1 is 1.21 bits per heavy atom. The van der Waals surface area contributed by atoms with E-state index in [9.17, 15) is 4.79 Å². The van der Waals surface area contributed by atoms with Gasteiger partial charge in [-0.15, -0.1) is 0 Å². The molecule has 0 aliphatic heterocycles. The van der Waals surface area contributed by atoms with Crippen LogP contribution in [0.5, 0.6) is 0 Å². The van der Waals surface area contributed by atoms with Crippen LogP contribution in [0, 0.1) is 0 Å². The summed E-state index contributed by atoms with van der Waals surface area (Å²) in [5.41, 5.74) is 8.00. The molecule has 3 N–H and O–H groups in total. The highest BCUT2D eigenvalue weighted by Crippen LogP contribution is 2.23. The third-order valence-corrected chi connectivity index (χ3v) is 2.81. The number of rotatable bonds is 3. The van der Waals surface area contributed by atoms with Gasteiger partial charge in [0.1, 0.15) is 0 Å². The molecule has 0 heterocycles. The average Bonchev–Trinajstić information content (AvgIpc) is 2.40. The highest BCUT2D eigenvalue weighted by Gasteiger charge is 2.10. The number of nitrogens with two attached hydrogens (primary N) is 1. The lowest BCUT2D eigenvalue weighted by molar-refractivity contribution is 0.0602. The Hall–Kier alpha value is -2.20. The molecule has 0 aliphatic carbocycles. The molecule has 0 bridgehead atoms. The van der Waals surface area contributed by atoms with E-state index >= 15 is 0 Å². The molecule has 2 aromatic rings. The van der Waals surface area contributed by atoms with Crippen molar-refractivity contribution >= 4 is 34.6 Å². The third-order valence-electron chi connectivity index (χ3n) is 2.57. The summed E-state index contributed by atoms with van der Waals surface area (Å²) >= 11 is 5.91. The lowest BCUT2D eigenvalue weighted by Gasteiger charge is -2.10. The molecule has 0 radical (unpaired) electrons. The minimum atomic E-state index is -0.466. The summed E-state index contributed by atoms with van der Waals surface area (Å²) in [5, 5.41) is 3.78. The number of carbonyl (C=O) groups is 1. The van der Waals surface area contributed by atoms with Crippen molar-refractivity contribution in [2.24, 2.45) is 0 Å². The maximum atomic E-state index is 11.5. The van der Waals surface area contributed by atoms with Gasteiger partial charge in [-0.1, -0.05) is 17.7 Å². The van der Waals surface area contributed by atoms with Crippen LogP contribution in [0.1, 0.15) is 10.4 Å². The van der Waals surface area contributed by atoms with Gasteiger partial charge < -0.3 is 15.8 Å². The quantitative estimate of drug-likeness (QED) is 0.666. The maximum Gasteiger partial charge on any atom is 0.340 e. The number of methoxy groups -OCH3 is 1. The number of hydrogen-bond donors (Lipinski definition) is 2. The van der Waals surface area contributed by atoms with Gasteiger partial charge in [0, 0.05) is 22.1 Å².